The number of aliphatic carboxylic acids is 1. The van der Waals surface area contributed by atoms with Gasteiger partial charge >= 0.3 is 21.8 Å². The standard InChI is InChI=1S/C11H23O5P.H3O3P/c12-11(13)9-7-5-3-1-2-4-6-8-10-17(14,15)16;1-4(2)3/h1-10H2,(H,12,13)(H2,14,15,16);4H,(H2,1,2,3). The molecule has 5 N–H and O–H groups in total. The minimum absolute atomic E-state index is 0.00832. The lowest BCUT2D eigenvalue weighted by Crippen LogP contribution is -1.93. The third-order valence-electron chi connectivity index (χ3n) is 2.59. The zero-order chi connectivity index (χ0) is 16.7. The molecule has 0 aliphatic rings. The molecule has 0 radical (unpaired) electrons. The summed E-state index contributed by atoms with van der Waals surface area (Å²) in [6.45, 7) is 0. The Morgan fingerprint density at radius 1 is 0.857 bits per heavy atom. The molecule has 10 heteroatoms. The lowest BCUT2D eigenvalue weighted by atomic mass is 10.1. The van der Waals surface area contributed by atoms with Gasteiger partial charge in [-0.1, -0.05) is 38.5 Å². The topological polar surface area (TPSA) is 152 Å². The molecule has 21 heavy (non-hydrogen) atoms. The van der Waals surface area contributed by atoms with Gasteiger partial charge in [0.05, 0.1) is 0 Å². The predicted octanol–water partition coefficient (Wildman–Crippen LogP) is 2.12. The first kappa shape index (κ1) is 23.0. The minimum atomic E-state index is -3.80. The highest BCUT2D eigenvalue weighted by Gasteiger charge is 2.10. The molecule has 0 amide bonds. The van der Waals surface area contributed by atoms with E-state index < -0.39 is 21.8 Å². The van der Waals surface area contributed by atoms with Crippen molar-refractivity contribution in [1.29, 1.82) is 0 Å². The molecule has 8 nitrogen and oxygen atoms in total. The third-order valence-corrected chi connectivity index (χ3v) is 3.49. The molecular formula is C11H26O8P2. The van der Waals surface area contributed by atoms with Gasteiger partial charge in [0.25, 0.3) is 0 Å². The first-order valence-corrected chi connectivity index (χ1v) is 9.93. The van der Waals surface area contributed by atoms with Gasteiger partial charge in [-0.2, -0.15) is 0 Å². The molecule has 0 saturated carbocycles. The fraction of sp³-hybridized carbons (Fsp3) is 0.909. The second-order valence-corrected chi connectivity index (χ2v) is 6.98. The SMILES string of the molecule is O=C(O)CCCCCCCCCCP(=O)(O)O.O=[PH](O)O. The van der Waals surface area contributed by atoms with Crippen LogP contribution in [0.15, 0.2) is 0 Å². The van der Waals surface area contributed by atoms with Crippen molar-refractivity contribution in [2.24, 2.45) is 0 Å². The van der Waals surface area contributed by atoms with E-state index in [1.807, 2.05) is 0 Å². The average molecular weight is 348 g/mol. The van der Waals surface area contributed by atoms with Crippen LogP contribution in [0.1, 0.15) is 57.8 Å². The van der Waals surface area contributed by atoms with E-state index in [2.05, 4.69) is 0 Å². The van der Waals surface area contributed by atoms with Crippen LogP contribution in [0, 0.1) is 0 Å². The lowest BCUT2D eigenvalue weighted by molar-refractivity contribution is -0.137. The van der Waals surface area contributed by atoms with Crippen LogP contribution >= 0.6 is 15.9 Å². The van der Waals surface area contributed by atoms with Crippen LogP contribution in [-0.4, -0.2) is 36.8 Å². The van der Waals surface area contributed by atoms with Crippen LogP contribution < -0.4 is 0 Å². The smallest absolute Gasteiger partial charge is 0.325 e. The van der Waals surface area contributed by atoms with Gasteiger partial charge in [0.2, 0.25) is 0 Å². The summed E-state index contributed by atoms with van der Waals surface area (Å²) < 4.78 is 19.3. The Balaban J connectivity index is 0. The maximum Gasteiger partial charge on any atom is 0.325 e. The lowest BCUT2D eigenvalue weighted by Gasteiger charge is -2.03. The Bertz CT molecular complexity index is 324. The van der Waals surface area contributed by atoms with E-state index in [9.17, 15) is 9.36 Å². The molecule has 0 saturated heterocycles. The van der Waals surface area contributed by atoms with E-state index in [-0.39, 0.29) is 12.6 Å². The molecule has 0 fully saturated rings. The van der Waals surface area contributed by atoms with Gasteiger partial charge in [0.1, 0.15) is 0 Å². The van der Waals surface area contributed by atoms with Crippen molar-refractivity contribution in [2.75, 3.05) is 6.16 Å². The van der Waals surface area contributed by atoms with E-state index in [1.54, 1.807) is 0 Å². The number of hydrogen-bond acceptors (Lipinski definition) is 3. The van der Waals surface area contributed by atoms with Gasteiger partial charge in [0.15, 0.2) is 0 Å². The number of carboxylic acid groups (broad SMARTS) is 1. The molecule has 128 valence electrons. The van der Waals surface area contributed by atoms with Crippen LogP contribution in [0.25, 0.3) is 0 Å². The van der Waals surface area contributed by atoms with Crippen molar-refractivity contribution in [3.63, 3.8) is 0 Å². The Labute approximate surface area is 125 Å². The molecule has 0 heterocycles. The largest absolute Gasteiger partial charge is 0.481 e. The van der Waals surface area contributed by atoms with Gasteiger partial charge in [-0.3, -0.25) is 13.9 Å². The molecule has 0 aromatic carbocycles. The van der Waals surface area contributed by atoms with Crippen molar-refractivity contribution >= 4 is 21.8 Å². The Morgan fingerprint density at radius 3 is 1.52 bits per heavy atom. The summed E-state index contributed by atoms with van der Waals surface area (Å²) in [4.78, 5) is 41.8. The van der Waals surface area contributed by atoms with Crippen molar-refractivity contribution in [3.8, 4) is 0 Å². The average Bonchev–Trinajstić information content (AvgIpc) is 2.29. The summed E-state index contributed by atoms with van der Waals surface area (Å²) in [5, 5.41) is 8.42. The minimum Gasteiger partial charge on any atom is -0.481 e. The number of rotatable bonds is 11. The summed E-state index contributed by atoms with van der Waals surface area (Å²) in [5.41, 5.74) is 0. The van der Waals surface area contributed by atoms with Gasteiger partial charge in [0, 0.05) is 12.6 Å². The van der Waals surface area contributed by atoms with Crippen LogP contribution in [-0.2, 0) is 13.9 Å². The fourth-order valence-electron chi connectivity index (χ4n) is 1.65. The summed E-state index contributed by atoms with van der Waals surface area (Å²) in [6, 6.07) is 0. The summed E-state index contributed by atoms with van der Waals surface area (Å²) in [6.07, 6.45) is 7.58. The molecular weight excluding hydrogens is 322 g/mol. The van der Waals surface area contributed by atoms with Gasteiger partial charge in [-0.15, -0.1) is 0 Å². The highest BCUT2D eigenvalue weighted by atomic mass is 31.2. The Hall–Kier alpha value is -0.230. The third kappa shape index (κ3) is 32.9. The van der Waals surface area contributed by atoms with Crippen molar-refractivity contribution in [1.82, 2.24) is 0 Å². The summed E-state index contributed by atoms with van der Waals surface area (Å²) in [7, 11) is -6.93. The molecule has 0 atom stereocenters. The molecule has 0 spiro atoms. The number of hydrogen-bond donors (Lipinski definition) is 5. The van der Waals surface area contributed by atoms with E-state index in [4.69, 9.17) is 29.2 Å². The first-order valence-electron chi connectivity index (χ1n) is 6.83. The molecule has 0 aromatic heterocycles. The molecule has 0 rings (SSSR count). The molecule has 0 aromatic rings. The maximum absolute atomic E-state index is 10.5. The quantitative estimate of drug-likeness (QED) is 0.281. The molecule has 0 aliphatic heterocycles. The highest BCUT2D eigenvalue weighted by molar-refractivity contribution is 7.51. The Kier molecular flexibility index (Phi) is 16.1. The van der Waals surface area contributed by atoms with E-state index in [0.717, 1.165) is 44.9 Å². The second kappa shape index (κ2) is 14.7. The van der Waals surface area contributed by atoms with Crippen LogP contribution in [0.3, 0.4) is 0 Å². The van der Waals surface area contributed by atoms with Crippen molar-refractivity contribution < 1.29 is 38.6 Å². The van der Waals surface area contributed by atoms with Crippen LogP contribution in [0.2, 0.25) is 0 Å². The first-order chi connectivity index (χ1) is 9.65. The maximum atomic E-state index is 10.5. The van der Waals surface area contributed by atoms with Gasteiger partial charge < -0.3 is 24.7 Å². The van der Waals surface area contributed by atoms with E-state index in [1.165, 1.54) is 0 Å². The van der Waals surface area contributed by atoms with Crippen LogP contribution in [0.5, 0.6) is 0 Å². The molecule has 0 bridgehead atoms. The zero-order valence-corrected chi connectivity index (χ0v) is 13.9. The summed E-state index contributed by atoms with van der Waals surface area (Å²) in [5.74, 6) is -0.734. The number of unbranched alkanes of at least 4 members (excludes halogenated alkanes) is 7. The van der Waals surface area contributed by atoms with Gasteiger partial charge in [-0.25, -0.2) is 0 Å². The summed E-state index contributed by atoms with van der Waals surface area (Å²) >= 11 is 0. The zero-order valence-electron chi connectivity index (χ0n) is 12.0. The fourth-order valence-corrected chi connectivity index (χ4v) is 2.29. The molecule has 0 aliphatic carbocycles. The highest BCUT2D eigenvalue weighted by Crippen LogP contribution is 2.35. The number of carbonyl (C=O) groups is 1. The van der Waals surface area contributed by atoms with Crippen molar-refractivity contribution in [3.05, 3.63) is 0 Å². The van der Waals surface area contributed by atoms with E-state index in [0.29, 0.717) is 6.42 Å². The molecule has 0 unspecified atom stereocenters. The number of carboxylic acids is 1. The van der Waals surface area contributed by atoms with E-state index >= 15 is 0 Å². The van der Waals surface area contributed by atoms with Crippen molar-refractivity contribution in [2.45, 2.75) is 57.8 Å². The predicted molar refractivity (Wildman–Crippen MR) is 79.5 cm³/mol. The second-order valence-electron chi connectivity index (χ2n) is 4.64. The monoisotopic (exact) mass is 348 g/mol. The normalized spacial score (nSPS) is 11.1. The van der Waals surface area contributed by atoms with Gasteiger partial charge in [-0.05, 0) is 12.8 Å². The Morgan fingerprint density at radius 2 is 1.19 bits per heavy atom. The van der Waals surface area contributed by atoms with Crippen LogP contribution in [0.4, 0.5) is 0 Å².